The highest BCUT2D eigenvalue weighted by molar-refractivity contribution is 5.52. The van der Waals surface area contributed by atoms with E-state index in [1.54, 1.807) is 18.5 Å². The van der Waals surface area contributed by atoms with E-state index >= 15 is 0 Å². The van der Waals surface area contributed by atoms with Crippen molar-refractivity contribution in [2.24, 2.45) is 0 Å². The molecular formula is C13H11F3N4. The Balaban J connectivity index is 2.47. The van der Waals surface area contributed by atoms with Crippen LogP contribution in [0.3, 0.4) is 0 Å². The number of aromatic nitrogens is 2. The Labute approximate surface area is 113 Å². The third-order valence-corrected chi connectivity index (χ3v) is 2.79. The van der Waals surface area contributed by atoms with E-state index in [2.05, 4.69) is 10.4 Å². The van der Waals surface area contributed by atoms with Crippen LogP contribution in [0.5, 0.6) is 0 Å². The summed E-state index contributed by atoms with van der Waals surface area (Å²) >= 11 is 0. The highest BCUT2D eigenvalue weighted by Gasteiger charge is 2.33. The molecule has 0 unspecified atom stereocenters. The molecule has 1 N–H and O–H groups in total. The highest BCUT2D eigenvalue weighted by Crippen LogP contribution is 2.29. The van der Waals surface area contributed by atoms with Gasteiger partial charge in [-0.15, -0.1) is 0 Å². The van der Waals surface area contributed by atoms with Crippen LogP contribution in [0.1, 0.15) is 22.6 Å². The number of nitrogens with one attached hydrogen (secondary N) is 1. The molecule has 0 fully saturated rings. The van der Waals surface area contributed by atoms with Crippen molar-refractivity contribution in [2.75, 3.05) is 5.43 Å². The molecule has 0 aliphatic carbocycles. The Morgan fingerprint density at radius 1 is 1.15 bits per heavy atom. The van der Waals surface area contributed by atoms with E-state index in [0.717, 1.165) is 23.5 Å². The van der Waals surface area contributed by atoms with E-state index in [1.165, 1.54) is 0 Å². The summed E-state index contributed by atoms with van der Waals surface area (Å²) in [6, 6.07) is 7.33. The Kier molecular flexibility index (Phi) is 3.40. The summed E-state index contributed by atoms with van der Waals surface area (Å²) in [5, 5.41) is 8.96. The number of rotatable bonds is 2. The molecule has 2 aromatic rings. The minimum atomic E-state index is -4.55. The van der Waals surface area contributed by atoms with Gasteiger partial charge in [-0.2, -0.15) is 18.4 Å². The first kappa shape index (κ1) is 13.9. The van der Waals surface area contributed by atoms with E-state index in [1.807, 2.05) is 18.2 Å². The van der Waals surface area contributed by atoms with Crippen molar-refractivity contribution in [1.82, 2.24) is 9.66 Å². The van der Waals surface area contributed by atoms with Gasteiger partial charge in [0.05, 0.1) is 5.56 Å². The van der Waals surface area contributed by atoms with Gasteiger partial charge in [-0.05, 0) is 38.1 Å². The van der Waals surface area contributed by atoms with E-state index in [-0.39, 0.29) is 11.4 Å². The van der Waals surface area contributed by atoms with Gasteiger partial charge in [0.15, 0.2) is 5.82 Å². The Bertz CT molecular complexity index is 660. The van der Waals surface area contributed by atoms with E-state index in [0.29, 0.717) is 0 Å². The number of nitrogens with zero attached hydrogens (tertiary/aromatic N) is 3. The van der Waals surface area contributed by atoms with Crippen LogP contribution in [0.4, 0.5) is 19.0 Å². The molecule has 0 saturated heterocycles. The van der Waals surface area contributed by atoms with Crippen LogP contribution in [-0.2, 0) is 6.18 Å². The van der Waals surface area contributed by atoms with Gasteiger partial charge in [0.2, 0.25) is 0 Å². The summed E-state index contributed by atoms with van der Waals surface area (Å²) in [5.74, 6) is -0.121. The molecule has 7 heteroatoms. The second-order valence-electron chi connectivity index (χ2n) is 4.27. The second-order valence-corrected chi connectivity index (χ2v) is 4.27. The minimum Gasteiger partial charge on any atom is -0.276 e. The van der Waals surface area contributed by atoms with Gasteiger partial charge >= 0.3 is 6.18 Å². The molecule has 0 radical (unpaired) electrons. The molecule has 4 nitrogen and oxygen atoms in total. The van der Waals surface area contributed by atoms with Crippen LogP contribution >= 0.6 is 0 Å². The van der Waals surface area contributed by atoms with Crippen LogP contribution in [-0.4, -0.2) is 9.66 Å². The zero-order valence-corrected chi connectivity index (χ0v) is 10.8. The maximum atomic E-state index is 12.7. The number of aryl methyl sites for hydroxylation is 2. The lowest BCUT2D eigenvalue weighted by molar-refractivity contribution is -0.141. The summed E-state index contributed by atoms with van der Waals surface area (Å²) in [7, 11) is 0. The molecule has 0 aliphatic heterocycles. The number of hydrogen-bond donors (Lipinski definition) is 1. The zero-order chi connectivity index (χ0) is 14.9. The number of nitriles is 1. The van der Waals surface area contributed by atoms with Crippen LogP contribution in [0.2, 0.25) is 0 Å². The summed E-state index contributed by atoms with van der Waals surface area (Å²) in [5.41, 5.74) is 3.34. The van der Waals surface area contributed by atoms with Gasteiger partial charge in [0.25, 0.3) is 0 Å². The predicted octanol–water partition coefficient (Wildman–Crippen LogP) is 3.27. The topological polar surface area (TPSA) is 53.6 Å². The molecule has 0 bridgehead atoms. The average Bonchev–Trinajstić information content (AvgIpc) is 2.69. The normalized spacial score (nSPS) is 11.2. The van der Waals surface area contributed by atoms with Crippen molar-refractivity contribution in [3.05, 3.63) is 46.9 Å². The average molecular weight is 280 g/mol. The zero-order valence-electron chi connectivity index (χ0n) is 10.8. The van der Waals surface area contributed by atoms with Crippen LogP contribution in [0.15, 0.2) is 24.3 Å². The van der Waals surface area contributed by atoms with Gasteiger partial charge in [0.1, 0.15) is 11.8 Å². The monoisotopic (exact) mass is 280 g/mol. The molecule has 0 saturated carbocycles. The molecule has 20 heavy (non-hydrogen) atoms. The Morgan fingerprint density at radius 2 is 1.75 bits per heavy atom. The van der Waals surface area contributed by atoms with Crippen molar-refractivity contribution < 1.29 is 13.2 Å². The van der Waals surface area contributed by atoms with Crippen molar-refractivity contribution in [3.8, 4) is 6.07 Å². The fourth-order valence-corrected chi connectivity index (χ4v) is 1.74. The number of halogens is 3. The summed E-state index contributed by atoms with van der Waals surface area (Å²) in [4.78, 5) is 3.49. The predicted molar refractivity (Wildman–Crippen MR) is 66.9 cm³/mol. The fourth-order valence-electron chi connectivity index (χ4n) is 1.74. The molecule has 0 spiro atoms. The van der Waals surface area contributed by atoms with Crippen molar-refractivity contribution in [3.63, 3.8) is 0 Å². The molecule has 0 aliphatic rings. The smallest absolute Gasteiger partial charge is 0.276 e. The maximum absolute atomic E-state index is 12.7. The maximum Gasteiger partial charge on any atom is 0.433 e. The van der Waals surface area contributed by atoms with Crippen LogP contribution < -0.4 is 5.43 Å². The Morgan fingerprint density at radius 3 is 2.25 bits per heavy atom. The molecule has 2 aromatic heterocycles. The fraction of sp³-hybridized carbons (Fsp3) is 0.231. The highest BCUT2D eigenvalue weighted by atomic mass is 19.4. The number of alkyl halides is 3. The number of anilines is 1. The largest absolute Gasteiger partial charge is 0.433 e. The lowest BCUT2D eigenvalue weighted by Gasteiger charge is -2.14. The van der Waals surface area contributed by atoms with Crippen molar-refractivity contribution in [2.45, 2.75) is 20.0 Å². The first-order valence-electron chi connectivity index (χ1n) is 5.73. The van der Waals surface area contributed by atoms with Gasteiger partial charge in [0, 0.05) is 11.4 Å². The molecule has 2 rings (SSSR count). The first-order valence-corrected chi connectivity index (χ1v) is 5.73. The van der Waals surface area contributed by atoms with E-state index in [4.69, 9.17) is 5.26 Å². The second kappa shape index (κ2) is 4.89. The third kappa shape index (κ3) is 2.59. The summed E-state index contributed by atoms with van der Waals surface area (Å²) in [6.45, 7) is 3.58. The third-order valence-electron chi connectivity index (χ3n) is 2.79. The number of pyridine rings is 1. The standard InChI is InChI=1S/C13H11F3N4/c1-8-3-4-9(2)20(8)19-12-10(7-17)5-6-11(18-12)13(14,15)16/h3-6H,1-2H3,(H,18,19). The molecule has 2 heterocycles. The first-order chi connectivity index (χ1) is 9.32. The van der Waals surface area contributed by atoms with Crippen LogP contribution in [0, 0.1) is 25.2 Å². The molecule has 0 atom stereocenters. The number of hydrogen-bond acceptors (Lipinski definition) is 3. The lowest BCUT2D eigenvalue weighted by atomic mass is 10.2. The minimum absolute atomic E-state index is 0.0468. The van der Waals surface area contributed by atoms with E-state index in [9.17, 15) is 13.2 Å². The van der Waals surface area contributed by atoms with E-state index < -0.39 is 11.9 Å². The van der Waals surface area contributed by atoms with Crippen molar-refractivity contribution >= 4 is 5.82 Å². The van der Waals surface area contributed by atoms with Gasteiger partial charge in [-0.1, -0.05) is 0 Å². The van der Waals surface area contributed by atoms with Crippen molar-refractivity contribution in [1.29, 1.82) is 5.26 Å². The molecule has 0 amide bonds. The quantitative estimate of drug-likeness (QED) is 0.918. The molecular weight excluding hydrogens is 269 g/mol. The van der Waals surface area contributed by atoms with Crippen LogP contribution in [0.25, 0.3) is 0 Å². The van der Waals surface area contributed by atoms with Gasteiger partial charge < -0.3 is 0 Å². The van der Waals surface area contributed by atoms with Gasteiger partial charge in [-0.3, -0.25) is 10.1 Å². The molecule has 0 aromatic carbocycles. The van der Waals surface area contributed by atoms with Gasteiger partial charge in [-0.25, -0.2) is 4.98 Å². The Hall–Kier alpha value is -2.49. The SMILES string of the molecule is Cc1ccc(C)n1Nc1nc(C(F)(F)F)ccc1C#N. The summed E-state index contributed by atoms with van der Waals surface area (Å²) in [6.07, 6.45) is -4.55. The molecule has 104 valence electrons. The lowest BCUT2D eigenvalue weighted by Crippen LogP contribution is -2.17. The summed E-state index contributed by atoms with van der Waals surface area (Å²) < 4.78 is 39.6.